The van der Waals surface area contributed by atoms with Crippen molar-refractivity contribution in [2.24, 2.45) is 0 Å². The zero-order valence-electron chi connectivity index (χ0n) is 18.3. The summed E-state index contributed by atoms with van der Waals surface area (Å²) < 4.78 is 19.1. The molecule has 0 spiro atoms. The molecule has 32 heavy (non-hydrogen) atoms. The first-order chi connectivity index (χ1) is 15.8. The highest BCUT2D eigenvalue weighted by atomic mass is 16.5. The van der Waals surface area contributed by atoms with E-state index in [0.717, 1.165) is 50.3 Å². The van der Waals surface area contributed by atoms with Crippen LogP contribution < -0.4 is 18.8 Å². The van der Waals surface area contributed by atoms with Gasteiger partial charge < -0.3 is 14.2 Å². The monoisotopic (exact) mass is 422 g/mol. The van der Waals surface area contributed by atoms with Gasteiger partial charge in [-0.25, -0.2) is 0 Å². The van der Waals surface area contributed by atoms with Crippen LogP contribution in [0.25, 0.3) is 38.6 Å². The predicted molar refractivity (Wildman–Crippen MR) is 128 cm³/mol. The molecular formula is C28H24NO3+. The number of hydrogen-bond donors (Lipinski definition) is 0. The molecule has 5 rings (SSSR count). The van der Waals surface area contributed by atoms with Gasteiger partial charge in [0.25, 0.3) is 5.69 Å². The van der Waals surface area contributed by atoms with E-state index in [4.69, 9.17) is 14.2 Å². The molecular weight excluding hydrogens is 398 g/mol. The molecule has 0 aliphatic heterocycles. The van der Waals surface area contributed by atoms with Gasteiger partial charge in [-0.1, -0.05) is 42.5 Å². The van der Waals surface area contributed by atoms with E-state index in [2.05, 4.69) is 65.2 Å². The maximum absolute atomic E-state index is 5.77. The van der Waals surface area contributed by atoms with E-state index in [1.54, 1.807) is 21.3 Å². The van der Waals surface area contributed by atoms with Crippen LogP contribution in [0.3, 0.4) is 0 Å². The van der Waals surface area contributed by atoms with E-state index >= 15 is 0 Å². The highest BCUT2D eigenvalue weighted by Crippen LogP contribution is 2.38. The van der Waals surface area contributed by atoms with Gasteiger partial charge in [0.1, 0.15) is 5.75 Å². The second-order valence-corrected chi connectivity index (χ2v) is 7.48. The Kier molecular flexibility index (Phi) is 5.12. The van der Waals surface area contributed by atoms with Crippen molar-refractivity contribution in [3.8, 4) is 34.1 Å². The summed E-state index contributed by atoms with van der Waals surface area (Å²) >= 11 is 0. The summed E-state index contributed by atoms with van der Waals surface area (Å²) in [6, 6.07) is 31.0. The van der Waals surface area contributed by atoms with Gasteiger partial charge in [0.2, 0.25) is 11.0 Å². The first kappa shape index (κ1) is 19.9. The number of rotatable bonds is 5. The number of benzene rings is 4. The van der Waals surface area contributed by atoms with E-state index in [0.29, 0.717) is 0 Å². The van der Waals surface area contributed by atoms with E-state index in [-0.39, 0.29) is 0 Å². The Balaban J connectivity index is 1.96. The minimum absolute atomic E-state index is 0.752. The zero-order chi connectivity index (χ0) is 22.1. The highest BCUT2D eigenvalue weighted by Gasteiger charge is 2.28. The summed E-state index contributed by atoms with van der Waals surface area (Å²) in [6.07, 6.45) is 0. The van der Waals surface area contributed by atoms with Gasteiger partial charge in [-0.3, -0.25) is 0 Å². The predicted octanol–water partition coefficient (Wildman–Crippen LogP) is 5.96. The molecule has 4 nitrogen and oxygen atoms in total. The zero-order valence-corrected chi connectivity index (χ0v) is 18.3. The topological polar surface area (TPSA) is 31.6 Å². The fourth-order valence-corrected chi connectivity index (χ4v) is 4.40. The molecule has 0 atom stereocenters. The molecule has 0 radical (unpaired) electrons. The van der Waals surface area contributed by atoms with Gasteiger partial charge >= 0.3 is 0 Å². The second-order valence-electron chi connectivity index (χ2n) is 7.48. The number of aromatic nitrogens is 1. The molecule has 5 aromatic rings. The molecule has 1 aromatic heterocycles. The van der Waals surface area contributed by atoms with Gasteiger partial charge in [-0.2, -0.15) is 0 Å². The molecule has 0 fully saturated rings. The minimum Gasteiger partial charge on any atom is -0.497 e. The Hall–Kier alpha value is -4.05. The molecule has 158 valence electrons. The molecule has 1 heterocycles. The molecule has 0 amide bonds. The van der Waals surface area contributed by atoms with E-state index in [1.807, 2.05) is 30.3 Å². The lowest BCUT2D eigenvalue weighted by Crippen LogP contribution is -2.34. The summed E-state index contributed by atoms with van der Waals surface area (Å²) in [6.45, 7) is 0. The number of hydrogen-bond acceptors (Lipinski definition) is 3. The van der Waals surface area contributed by atoms with Crippen LogP contribution in [0.2, 0.25) is 0 Å². The fourth-order valence-electron chi connectivity index (χ4n) is 4.40. The number of pyridine rings is 1. The van der Waals surface area contributed by atoms with Crippen molar-refractivity contribution in [2.75, 3.05) is 21.3 Å². The first-order valence-electron chi connectivity index (χ1n) is 10.5. The number of fused-ring (bicyclic) bond motifs is 2. The first-order valence-corrected chi connectivity index (χ1v) is 10.5. The molecule has 0 bridgehead atoms. The van der Waals surface area contributed by atoms with Gasteiger partial charge in [0.15, 0.2) is 11.5 Å². The van der Waals surface area contributed by atoms with Crippen LogP contribution in [0, 0.1) is 0 Å². The number of ether oxygens (including phenoxy) is 3. The molecule has 0 aliphatic rings. The van der Waals surface area contributed by atoms with Crippen molar-refractivity contribution >= 4 is 21.8 Å². The summed E-state index contributed by atoms with van der Waals surface area (Å²) in [7, 11) is 5.07. The van der Waals surface area contributed by atoms with E-state index < -0.39 is 0 Å². The highest BCUT2D eigenvalue weighted by molar-refractivity contribution is 6.07. The Morgan fingerprint density at radius 3 is 1.56 bits per heavy atom. The molecule has 0 aliphatic carbocycles. The van der Waals surface area contributed by atoms with Crippen molar-refractivity contribution in [2.45, 2.75) is 0 Å². The van der Waals surface area contributed by atoms with E-state index in [1.165, 1.54) is 5.56 Å². The smallest absolute Gasteiger partial charge is 0.296 e. The lowest BCUT2D eigenvalue weighted by atomic mass is 9.95. The van der Waals surface area contributed by atoms with Crippen LogP contribution >= 0.6 is 0 Å². The Labute approximate surface area is 187 Å². The maximum Gasteiger partial charge on any atom is 0.296 e. The van der Waals surface area contributed by atoms with Gasteiger partial charge in [0.05, 0.1) is 32.1 Å². The third kappa shape index (κ3) is 3.12. The minimum atomic E-state index is 0.752. The Bertz CT molecular complexity index is 1350. The number of nitrogens with zero attached hydrogens (tertiary/aromatic N) is 1. The average Bonchev–Trinajstić information content (AvgIpc) is 2.87. The van der Waals surface area contributed by atoms with Gasteiger partial charge in [-0.15, -0.1) is 4.57 Å². The number of methoxy groups -OCH3 is 3. The van der Waals surface area contributed by atoms with Crippen LogP contribution in [0.5, 0.6) is 17.2 Å². The standard InChI is InChI=1S/C28H24NO3/c1-30-20-17-15-19(16-18-20)27-21-9-4-6-11-23(21)29(24-12-7-5-10-22(24)27)28-25(31-2)13-8-14-26(28)32-3/h4-18H,1-3H3/q+1. The van der Waals surface area contributed by atoms with Crippen LogP contribution in [-0.2, 0) is 0 Å². The summed E-state index contributed by atoms with van der Waals surface area (Å²) in [4.78, 5) is 0. The Morgan fingerprint density at radius 2 is 1.06 bits per heavy atom. The Morgan fingerprint density at radius 1 is 0.531 bits per heavy atom. The number of para-hydroxylation sites is 3. The van der Waals surface area contributed by atoms with Crippen molar-refractivity contribution in [3.05, 3.63) is 91.0 Å². The van der Waals surface area contributed by atoms with Crippen molar-refractivity contribution < 1.29 is 18.8 Å². The third-order valence-electron chi connectivity index (χ3n) is 5.83. The fraction of sp³-hybridized carbons (Fsp3) is 0.107. The molecule has 0 saturated heterocycles. The molecule has 4 aromatic carbocycles. The van der Waals surface area contributed by atoms with Gasteiger partial charge in [0, 0.05) is 17.7 Å². The molecule has 0 saturated carbocycles. The lowest BCUT2D eigenvalue weighted by Gasteiger charge is -2.15. The quantitative estimate of drug-likeness (QED) is 0.259. The van der Waals surface area contributed by atoms with Crippen molar-refractivity contribution in [3.63, 3.8) is 0 Å². The van der Waals surface area contributed by atoms with E-state index in [9.17, 15) is 0 Å². The van der Waals surface area contributed by atoms with Crippen LogP contribution in [0.1, 0.15) is 0 Å². The molecule has 4 heteroatoms. The summed E-state index contributed by atoms with van der Waals surface area (Å²) in [5, 5.41) is 2.29. The normalized spacial score (nSPS) is 11.0. The van der Waals surface area contributed by atoms with Gasteiger partial charge in [-0.05, 0) is 42.0 Å². The molecule has 0 unspecified atom stereocenters. The third-order valence-corrected chi connectivity index (χ3v) is 5.83. The van der Waals surface area contributed by atoms with Crippen molar-refractivity contribution in [1.82, 2.24) is 0 Å². The SMILES string of the molecule is COc1ccc(-c2c3ccccc3[n+](-c3c(OC)cccc3OC)c3ccccc23)cc1. The van der Waals surface area contributed by atoms with Crippen LogP contribution in [0.4, 0.5) is 0 Å². The van der Waals surface area contributed by atoms with Crippen LogP contribution in [0.15, 0.2) is 91.0 Å². The molecule has 0 N–H and O–H groups in total. The second kappa shape index (κ2) is 8.23. The largest absolute Gasteiger partial charge is 0.497 e. The lowest BCUT2D eigenvalue weighted by molar-refractivity contribution is -0.539. The average molecular weight is 423 g/mol. The maximum atomic E-state index is 5.77. The van der Waals surface area contributed by atoms with Crippen LogP contribution in [-0.4, -0.2) is 21.3 Å². The summed E-state index contributed by atoms with van der Waals surface area (Å²) in [5.41, 5.74) is 5.34. The summed E-state index contributed by atoms with van der Waals surface area (Å²) in [5.74, 6) is 2.34. The van der Waals surface area contributed by atoms with Crippen molar-refractivity contribution in [1.29, 1.82) is 0 Å².